The number of benzene rings is 2. The van der Waals surface area contributed by atoms with Gasteiger partial charge in [-0.05, 0) is 49.4 Å². The molecule has 0 fully saturated rings. The summed E-state index contributed by atoms with van der Waals surface area (Å²) in [6.45, 7) is 1.68. The van der Waals surface area contributed by atoms with Crippen LogP contribution < -0.4 is 20.3 Å². The van der Waals surface area contributed by atoms with Crippen molar-refractivity contribution in [3.05, 3.63) is 48.0 Å². The van der Waals surface area contributed by atoms with Crippen LogP contribution in [0.4, 0.5) is 17.1 Å². The maximum atomic E-state index is 12.4. The van der Waals surface area contributed by atoms with E-state index in [1.807, 2.05) is 43.3 Å². The number of nitrogens with zero attached hydrogens (tertiary/aromatic N) is 1. The molecule has 0 bridgehead atoms. The molecule has 0 saturated heterocycles. The average molecular weight is 325 g/mol. The Balaban J connectivity index is 1.76. The number of carbonyl (C=O) groups excluding carboxylic acids is 2. The minimum Gasteiger partial charge on any atom is -0.479 e. The topological polar surface area (TPSA) is 70.7 Å². The minimum atomic E-state index is -0.535. The number of carbonyl (C=O) groups is 2. The molecular weight excluding hydrogens is 306 g/mol. The summed E-state index contributed by atoms with van der Waals surface area (Å²) >= 11 is 0. The largest absolute Gasteiger partial charge is 0.479 e. The van der Waals surface area contributed by atoms with Crippen LogP contribution in [0.2, 0.25) is 0 Å². The molecule has 2 aromatic rings. The Hall–Kier alpha value is -3.02. The highest BCUT2D eigenvalue weighted by Gasteiger charge is 2.24. The molecule has 0 saturated carbocycles. The number of nitrogens with one attached hydrogen (secondary N) is 2. The lowest BCUT2D eigenvalue weighted by Crippen LogP contribution is -2.34. The molecule has 3 rings (SSSR count). The van der Waals surface area contributed by atoms with Gasteiger partial charge < -0.3 is 20.3 Å². The van der Waals surface area contributed by atoms with E-state index in [2.05, 4.69) is 10.6 Å². The average Bonchev–Trinajstić information content (AvgIpc) is 2.56. The van der Waals surface area contributed by atoms with Crippen molar-refractivity contribution in [3.8, 4) is 5.75 Å². The molecule has 1 aliphatic heterocycles. The van der Waals surface area contributed by atoms with E-state index in [1.165, 1.54) is 0 Å². The van der Waals surface area contributed by atoms with Gasteiger partial charge in [0.15, 0.2) is 6.10 Å². The van der Waals surface area contributed by atoms with Crippen molar-refractivity contribution in [1.82, 2.24) is 0 Å². The Kier molecular flexibility index (Phi) is 4.12. The highest BCUT2D eigenvalue weighted by atomic mass is 16.5. The smallest absolute Gasteiger partial charge is 0.265 e. The van der Waals surface area contributed by atoms with E-state index in [4.69, 9.17) is 4.74 Å². The standard InChI is InChI=1S/C18H19N3O3/c1-11-17(22)20-15-10-12(4-9-16(15)24-11)18(23)19-13-5-7-14(8-6-13)21(2)3/h4-11H,1-3H3,(H,19,23)(H,20,22). The molecule has 0 aromatic heterocycles. The molecule has 124 valence electrons. The van der Waals surface area contributed by atoms with Crippen LogP contribution in [0.25, 0.3) is 0 Å². The van der Waals surface area contributed by atoms with Gasteiger partial charge in [-0.25, -0.2) is 0 Å². The molecule has 6 nitrogen and oxygen atoms in total. The molecule has 2 amide bonds. The number of fused-ring (bicyclic) bond motifs is 1. The molecule has 2 aromatic carbocycles. The van der Waals surface area contributed by atoms with Gasteiger partial charge in [0.05, 0.1) is 5.69 Å². The Morgan fingerprint density at radius 3 is 2.54 bits per heavy atom. The van der Waals surface area contributed by atoms with Crippen molar-refractivity contribution in [2.24, 2.45) is 0 Å². The van der Waals surface area contributed by atoms with E-state index in [0.29, 0.717) is 22.7 Å². The summed E-state index contributed by atoms with van der Waals surface area (Å²) in [4.78, 5) is 26.0. The Bertz CT molecular complexity index is 785. The molecule has 2 N–H and O–H groups in total. The van der Waals surface area contributed by atoms with Crippen LogP contribution in [-0.2, 0) is 4.79 Å². The fraction of sp³-hybridized carbons (Fsp3) is 0.222. The number of hydrogen-bond donors (Lipinski definition) is 2. The maximum absolute atomic E-state index is 12.4. The molecule has 6 heteroatoms. The second-order valence-corrected chi connectivity index (χ2v) is 5.86. The van der Waals surface area contributed by atoms with Crippen molar-refractivity contribution in [2.75, 3.05) is 29.6 Å². The number of rotatable bonds is 3. The summed E-state index contributed by atoms with van der Waals surface area (Å²) in [6, 6.07) is 12.5. The first-order valence-electron chi connectivity index (χ1n) is 7.64. The summed E-state index contributed by atoms with van der Waals surface area (Å²) in [5.74, 6) is 0.0941. The van der Waals surface area contributed by atoms with Gasteiger partial charge in [-0.15, -0.1) is 0 Å². The number of anilines is 3. The SMILES string of the molecule is CC1Oc2ccc(C(=O)Nc3ccc(N(C)C)cc3)cc2NC1=O. The van der Waals surface area contributed by atoms with Crippen LogP contribution in [0.3, 0.4) is 0 Å². The Morgan fingerprint density at radius 1 is 1.17 bits per heavy atom. The highest BCUT2D eigenvalue weighted by Crippen LogP contribution is 2.30. The van der Waals surface area contributed by atoms with Crippen LogP contribution in [0, 0.1) is 0 Å². The van der Waals surface area contributed by atoms with Crippen LogP contribution in [0.1, 0.15) is 17.3 Å². The third-order valence-corrected chi connectivity index (χ3v) is 3.81. The van der Waals surface area contributed by atoms with E-state index in [1.54, 1.807) is 25.1 Å². The van der Waals surface area contributed by atoms with E-state index in [9.17, 15) is 9.59 Å². The van der Waals surface area contributed by atoms with Gasteiger partial charge in [0.1, 0.15) is 5.75 Å². The molecule has 1 atom stereocenters. The van der Waals surface area contributed by atoms with E-state index in [-0.39, 0.29) is 11.8 Å². The first-order valence-corrected chi connectivity index (χ1v) is 7.64. The number of ether oxygens (including phenoxy) is 1. The van der Waals surface area contributed by atoms with Crippen LogP contribution >= 0.6 is 0 Å². The molecule has 1 heterocycles. The van der Waals surface area contributed by atoms with E-state index in [0.717, 1.165) is 5.69 Å². The number of amides is 2. The molecule has 0 aliphatic carbocycles. The van der Waals surface area contributed by atoms with Gasteiger partial charge in [-0.1, -0.05) is 0 Å². The van der Waals surface area contributed by atoms with Gasteiger partial charge in [-0.2, -0.15) is 0 Å². The van der Waals surface area contributed by atoms with Crippen molar-refractivity contribution < 1.29 is 14.3 Å². The van der Waals surface area contributed by atoms with Gasteiger partial charge in [0.25, 0.3) is 11.8 Å². The van der Waals surface area contributed by atoms with Crippen molar-refractivity contribution in [1.29, 1.82) is 0 Å². The molecule has 24 heavy (non-hydrogen) atoms. The fourth-order valence-corrected chi connectivity index (χ4v) is 2.40. The Morgan fingerprint density at radius 2 is 1.88 bits per heavy atom. The van der Waals surface area contributed by atoms with Gasteiger partial charge >= 0.3 is 0 Å². The zero-order valence-corrected chi connectivity index (χ0v) is 13.8. The minimum absolute atomic E-state index is 0.223. The zero-order chi connectivity index (χ0) is 17.3. The predicted molar refractivity (Wildman–Crippen MR) is 93.9 cm³/mol. The summed E-state index contributed by atoms with van der Waals surface area (Å²) < 4.78 is 5.48. The summed E-state index contributed by atoms with van der Waals surface area (Å²) in [7, 11) is 3.91. The lowest BCUT2D eigenvalue weighted by Gasteiger charge is -2.23. The molecule has 0 spiro atoms. The van der Waals surface area contributed by atoms with Crippen LogP contribution in [0.5, 0.6) is 5.75 Å². The molecule has 0 radical (unpaired) electrons. The second-order valence-electron chi connectivity index (χ2n) is 5.86. The lowest BCUT2D eigenvalue weighted by molar-refractivity contribution is -0.122. The van der Waals surface area contributed by atoms with Gasteiger partial charge in [0.2, 0.25) is 0 Å². The van der Waals surface area contributed by atoms with Gasteiger partial charge in [0, 0.05) is 31.0 Å². The van der Waals surface area contributed by atoms with Crippen LogP contribution in [0.15, 0.2) is 42.5 Å². The summed E-state index contributed by atoms with van der Waals surface area (Å²) in [5.41, 5.74) is 2.71. The second kappa shape index (κ2) is 6.23. The normalized spacial score (nSPS) is 15.8. The Labute approximate surface area is 140 Å². The van der Waals surface area contributed by atoms with E-state index >= 15 is 0 Å². The zero-order valence-electron chi connectivity index (χ0n) is 13.8. The van der Waals surface area contributed by atoms with E-state index < -0.39 is 6.10 Å². The molecule has 1 aliphatic rings. The summed E-state index contributed by atoms with van der Waals surface area (Å²) in [5, 5.41) is 5.58. The quantitative estimate of drug-likeness (QED) is 0.910. The number of hydrogen-bond acceptors (Lipinski definition) is 4. The highest BCUT2D eigenvalue weighted by molar-refractivity contribution is 6.06. The third kappa shape index (κ3) is 3.17. The predicted octanol–water partition coefficient (Wildman–Crippen LogP) is 2.72. The molecular formula is C18H19N3O3. The van der Waals surface area contributed by atoms with Crippen LogP contribution in [-0.4, -0.2) is 32.0 Å². The lowest BCUT2D eigenvalue weighted by atomic mass is 10.1. The van der Waals surface area contributed by atoms with Crippen molar-refractivity contribution in [2.45, 2.75) is 13.0 Å². The fourth-order valence-electron chi connectivity index (χ4n) is 2.40. The van der Waals surface area contributed by atoms with Gasteiger partial charge in [-0.3, -0.25) is 9.59 Å². The monoisotopic (exact) mass is 325 g/mol. The van der Waals surface area contributed by atoms with Crippen molar-refractivity contribution in [3.63, 3.8) is 0 Å². The van der Waals surface area contributed by atoms with Crippen molar-refractivity contribution >= 4 is 28.9 Å². The summed E-state index contributed by atoms with van der Waals surface area (Å²) in [6.07, 6.45) is -0.535. The molecule has 1 unspecified atom stereocenters. The first-order chi connectivity index (χ1) is 11.4. The first kappa shape index (κ1) is 15.9. The maximum Gasteiger partial charge on any atom is 0.265 e. The third-order valence-electron chi connectivity index (χ3n) is 3.81.